The zero-order chi connectivity index (χ0) is 12.8. The quantitative estimate of drug-likeness (QED) is 0.868. The van der Waals surface area contributed by atoms with Crippen molar-refractivity contribution in [2.75, 3.05) is 11.9 Å². The van der Waals surface area contributed by atoms with Crippen LogP contribution in [0.15, 0.2) is 42.7 Å². The summed E-state index contributed by atoms with van der Waals surface area (Å²) in [6.45, 7) is 0.0170. The Balaban J connectivity index is 2.01. The van der Waals surface area contributed by atoms with Gasteiger partial charge in [0, 0.05) is 0 Å². The van der Waals surface area contributed by atoms with E-state index >= 15 is 0 Å². The van der Waals surface area contributed by atoms with Crippen LogP contribution in [-0.2, 0) is 6.42 Å². The fourth-order valence-electron chi connectivity index (χ4n) is 1.68. The molecule has 0 aliphatic carbocycles. The van der Waals surface area contributed by atoms with Gasteiger partial charge in [-0.2, -0.15) is 0 Å². The number of rotatable bonds is 5. The highest BCUT2D eigenvalue weighted by Crippen LogP contribution is 2.10. The van der Waals surface area contributed by atoms with Crippen LogP contribution in [0.2, 0.25) is 5.15 Å². The van der Waals surface area contributed by atoms with E-state index in [4.69, 9.17) is 11.6 Å². The summed E-state index contributed by atoms with van der Waals surface area (Å²) in [4.78, 5) is 8.02. The first kappa shape index (κ1) is 12.8. The highest BCUT2D eigenvalue weighted by Gasteiger charge is 2.09. The topological polar surface area (TPSA) is 58.0 Å². The monoisotopic (exact) mass is 263 g/mol. The van der Waals surface area contributed by atoms with Gasteiger partial charge in [0.1, 0.15) is 11.0 Å². The van der Waals surface area contributed by atoms with E-state index in [1.54, 1.807) is 6.20 Å². The standard InChI is InChI=1S/C13H14ClN3O/c14-12-7-15-8-13(17-12)16-11(9-18)6-10-4-2-1-3-5-10/h1-5,7-8,11,18H,6,9H2,(H,16,17)/t11-/m1/s1. The third-order valence-electron chi connectivity index (χ3n) is 2.50. The van der Waals surface area contributed by atoms with Gasteiger partial charge in [0.15, 0.2) is 0 Å². The summed E-state index contributed by atoms with van der Waals surface area (Å²) in [5.74, 6) is 0.567. The van der Waals surface area contributed by atoms with Gasteiger partial charge in [-0.1, -0.05) is 41.9 Å². The minimum Gasteiger partial charge on any atom is -0.394 e. The van der Waals surface area contributed by atoms with Gasteiger partial charge < -0.3 is 10.4 Å². The van der Waals surface area contributed by atoms with Crippen LogP contribution in [0.25, 0.3) is 0 Å². The molecule has 5 heteroatoms. The number of nitrogens with one attached hydrogen (secondary N) is 1. The first-order chi connectivity index (χ1) is 8.78. The van der Waals surface area contributed by atoms with Gasteiger partial charge in [-0.15, -0.1) is 0 Å². The van der Waals surface area contributed by atoms with Crippen molar-refractivity contribution in [1.82, 2.24) is 9.97 Å². The molecule has 1 aromatic heterocycles. The molecule has 2 rings (SSSR count). The summed E-state index contributed by atoms with van der Waals surface area (Å²) in [5.41, 5.74) is 1.15. The number of aliphatic hydroxyl groups excluding tert-OH is 1. The molecule has 0 radical (unpaired) electrons. The van der Waals surface area contributed by atoms with E-state index in [9.17, 15) is 5.11 Å². The fourth-order valence-corrected chi connectivity index (χ4v) is 1.83. The Morgan fingerprint density at radius 3 is 2.67 bits per heavy atom. The molecule has 2 N–H and O–H groups in total. The van der Waals surface area contributed by atoms with Crippen LogP contribution in [0.4, 0.5) is 5.82 Å². The first-order valence-electron chi connectivity index (χ1n) is 5.67. The summed E-state index contributed by atoms with van der Waals surface area (Å²) < 4.78 is 0. The molecule has 0 amide bonds. The Labute approximate surface area is 111 Å². The molecule has 0 aliphatic rings. The first-order valence-corrected chi connectivity index (χ1v) is 6.04. The predicted octanol–water partition coefficient (Wildman–Crippen LogP) is 2.15. The maximum absolute atomic E-state index is 9.37. The molecule has 0 saturated carbocycles. The zero-order valence-corrected chi connectivity index (χ0v) is 10.5. The Bertz CT molecular complexity index is 493. The summed E-state index contributed by atoms with van der Waals surface area (Å²) >= 11 is 5.76. The Morgan fingerprint density at radius 2 is 2.00 bits per heavy atom. The maximum Gasteiger partial charge on any atom is 0.149 e. The van der Waals surface area contributed by atoms with Gasteiger partial charge >= 0.3 is 0 Å². The summed E-state index contributed by atoms with van der Waals surface area (Å²) in [6.07, 6.45) is 3.77. The molecule has 18 heavy (non-hydrogen) atoms. The second kappa shape index (κ2) is 6.33. The largest absolute Gasteiger partial charge is 0.394 e. The SMILES string of the molecule is OC[C@@H](Cc1ccccc1)Nc1cncc(Cl)n1. The van der Waals surface area contributed by atoms with E-state index in [2.05, 4.69) is 15.3 Å². The predicted molar refractivity (Wildman–Crippen MR) is 71.7 cm³/mol. The number of benzene rings is 1. The van der Waals surface area contributed by atoms with Gasteiger partial charge in [0.05, 0.1) is 25.0 Å². The third kappa shape index (κ3) is 3.68. The molecule has 0 bridgehead atoms. The molecular weight excluding hydrogens is 250 g/mol. The van der Waals surface area contributed by atoms with E-state index in [-0.39, 0.29) is 12.6 Å². The number of hydrogen-bond donors (Lipinski definition) is 2. The third-order valence-corrected chi connectivity index (χ3v) is 2.68. The number of nitrogens with zero attached hydrogens (tertiary/aromatic N) is 2. The number of aromatic nitrogens is 2. The van der Waals surface area contributed by atoms with Crippen molar-refractivity contribution in [1.29, 1.82) is 0 Å². The zero-order valence-electron chi connectivity index (χ0n) is 9.75. The lowest BCUT2D eigenvalue weighted by atomic mass is 10.1. The number of aliphatic hydroxyl groups is 1. The van der Waals surface area contributed by atoms with Crippen molar-refractivity contribution in [2.24, 2.45) is 0 Å². The van der Waals surface area contributed by atoms with Crippen LogP contribution in [0.5, 0.6) is 0 Å². The Morgan fingerprint density at radius 1 is 1.22 bits per heavy atom. The minimum atomic E-state index is -0.111. The van der Waals surface area contributed by atoms with Gasteiger partial charge in [-0.25, -0.2) is 4.98 Å². The second-order valence-electron chi connectivity index (χ2n) is 3.94. The normalized spacial score (nSPS) is 12.1. The van der Waals surface area contributed by atoms with E-state index in [1.807, 2.05) is 30.3 Å². The molecular formula is C13H14ClN3O. The van der Waals surface area contributed by atoms with Gasteiger partial charge in [0.25, 0.3) is 0 Å². The fraction of sp³-hybridized carbons (Fsp3) is 0.231. The average molecular weight is 264 g/mol. The molecule has 94 valence electrons. The van der Waals surface area contributed by atoms with Crippen LogP contribution in [0.1, 0.15) is 5.56 Å². The van der Waals surface area contributed by atoms with E-state index < -0.39 is 0 Å². The van der Waals surface area contributed by atoms with Crippen LogP contribution >= 0.6 is 11.6 Å². The average Bonchev–Trinajstić information content (AvgIpc) is 2.39. The van der Waals surface area contributed by atoms with Crippen molar-refractivity contribution in [3.05, 3.63) is 53.4 Å². The molecule has 0 fully saturated rings. The molecule has 4 nitrogen and oxygen atoms in total. The van der Waals surface area contributed by atoms with Crippen molar-refractivity contribution in [3.63, 3.8) is 0 Å². The number of hydrogen-bond acceptors (Lipinski definition) is 4. The van der Waals surface area contributed by atoms with Gasteiger partial charge in [-0.05, 0) is 12.0 Å². The molecule has 0 aliphatic heterocycles. The second-order valence-corrected chi connectivity index (χ2v) is 4.33. The maximum atomic E-state index is 9.37. The molecule has 0 spiro atoms. The molecule has 0 unspecified atom stereocenters. The van der Waals surface area contributed by atoms with Crippen LogP contribution < -0.4 is 5.32 Å². The van der Waals surface area contributed by atoms with Gasteiger partial charge in [0.2, 0.25) is 0 Å². The van der Waals surface area contributed by atoms with Crippen molar-refractivity contribution in [3.8, 4) is 0 Å². The highest BCUT2D eigenvalue weighted by atomic mass is 35.5. The Kier molecular flexibility index (Phi) is 4.50. The van der Waals surface area contributed by atoms with Crippen molar-refractivity contribution < 1.29 is 5.11 Å². The van der Waals surface area contributed by atoms with E-state index in [0.717, 1.165) is 5.56 Å². The van der Waals surface area contributed by atoms with Crippen molar-refractivity contribution in [2.45, 2.75) is 12.5 Å². The Hall–Kier alpha value is -1.65. The van der Waals surface area contributed by atoms with Crippen molar-refractivity contribution >= 4 is 17.4 Å². The summed E-state index contributed by atoms with van der Waals surface area (Å²) in [7, 11) is 0. The molecule has 2 aromatic rings. The van der Waals surface area contributed by atoms with Crippen LogP contribution in [0, 0.1) is 0 Å². The van der Waals surface area contributed by atoms with E-state index in [0.29, 0.717) is 17.4 Å². The van der Waals surface area contributed by atoms with Crippen LogP contribution in [0.3, 0.4) is 0 Å². The number of anilines is 1. The van der Waals surface area contributed by atoms with E-state index in [1.165, 1.54) is 6.20 Å². The van der Waals surface area contributed by atoms with Crippen LogP contribution in [-0.4, -0.2) is 27.7 Å². The number of halogens is 1. The summed E-state index contributed by atoms with van der Waals surface area (Å²) in [6, 6.07) is 9.85. The molecule has 1 heterocycles. The molecule has 0 saturated heterocycles. The molecule has 1 aromatic carbocycles. The minimum absolute atomic E-state index is 0.0170. The summed E-state index contributed by atoms with van der Waals surface area (Å²) in [5, 5.41) is 12.8. The smallest absolute Gasteiger partial charge is 0.149 e. The molecule has 1 atom stereocenters. The lowest BCUT2D eigenvalue weighted by Gasteiger charge is -2.16. The highest BCUT2D eigenvalue weighted by molar-refractivity contribution is 6.29. The lowest BCUT2D eigenvalue weighted by molar-refractivity contribution is 0.273. The lowest BCUT2D eigenvalue weighted by Crippen LogP contribution is -2.26. The van der Waals surface area contributed by atoms with Gasteiger partial charge in [-0.3, -0.25) is 4.98 Å².